The topological polar surface area (TPSA) is 53.7 Å². The van der Waals surface area contributed by atoms with Gasteiger partial charge in [-0.3, -0.25) is 4.90 Å². The lowest BCUT2D eigenvalue weighted by molar-refractivity contribution is 0.0696. The van der Waals surface area contributed by atoms with Gasteiger partial charge in [-0.05, 0) is 54.5 Å². The van der Waals surface area contributed by atoms with Gasteiger partial charge in [0.05, 0.1) is 18.1 Å². The van der Waals surface area contributed by atoms with Crippen LogP contribution in [0, 0.1) is 5.41 Å². The van der Waals surface area contributed by atoms with E-state index in [9.17, 15) is 9.90 Å². The van der Waals surface area contributed by atoms with Crippen molar-refractivity contribution in [1.82, 2.24) is 4.90 Å². The van der Waals surface area contributed by atoms with Gasteiger partial charge in [0, 0.05) is 28.4 Å². The van der Waals surface area contributed by atoms with Crippen molar-refractivity contribution in [3.63, 3.8) is 0 Å². The third-order valence-corrected chi connectivity index (χ3v) is 7.05. The molecule has 4 rings (SSSR count). The number of furan rings is 1. The van der Waals surface area contributed by atoms with Gasteiger partial charge in [-0.1, -0.05) is 38.1 Å². The van der Waals surface area contributed by atoms with E-state index in [0.29, 0.717) is 5.56 Å². The SMILES string of the molecule is CN(Cc1ccoc1)Cc1ccccc1-c1sc2c(c1C(=O)O)CC(C)(C)CC2. The average molecular weight is 410 g/mol. The monoisotopic (exact) mass is 409 g/mol. The molecule has 4 nitrogen and oxygen atoms in total. The van der Waals surface area contributed by atoms with Crippen molar-refractivity contribution in [3.05, 3.63) is 70.0 Å². The zero-order chi connectivity index (χ0) is 20.6. The number of hydrogen-bond donors (Lipinski definition) is 1. The summed E-state index contributed by atoms with van der Waals surface area (Å²) in [5.41, 5.74) is 5.04. The van der Waals surface area contributed by atoms with Crippen LogP contribution in [0.25, 0.3) is 10.4 Å². The van der Waals surface area contributed by atoms with E-state index in [0.717, 1.165) is 59.5 Å². The van der Waals surface area contributed by atoms with Crippen LogP contribution in [-0.4, -0.2) is 23.0 Å². The molecule has 1 aliphatic carbocycles. The van der Waals surface area contributed by atoms with Crippen LogP contribution < -0.4 is 0 Å². The number of rotatable bonds is 6. The number of thiophene rings is 1. The molecule has 0 amide bonds. The minimum absolute atomic E-state index is 0.153. The van der Waals surface area contributed by atoms with E-state index in [2.05, 4.69) is 37.9 Å². The number of hydrogen-bond acceptors (Lipinski definition) is 4. The number of benzene rings is 1. The van der Waals surface area contributed by atoms with Crippen molar-refractivity contribution in [2.45, 2.75) is 46.2 Å². The molecular weight excluding hydrogens is 382 g/mol. The summed E-state index contributed by atoms with van der Waals surface area (Å²) in [6, 6.07) is 10.2. The number of aromatic carboxylic acids is 1. The van der Waals surface area contributed by atoms with Gasteiger partial charge < -0.3 is 9.52 Å². The average Bonchev–Trinajstić information content (AvgIpc) is 3.28. The van der Waals surface area contributed by atoms with Crippen LogP contribution in [0.5, 0.6) is 0 Å². The van der Waals surface area contributed by atoms with Crippen LogP contribution in [0.4, 0.5) is 0 Å². The lowest BCUT2D eigenvalue weighted by Crippen LogP contribution is -2.22. The van der Waals surface area contributed by atoms with Gasteiger partial charge in [-0.25, -0.2) is 4.79 Å². The predicted molar refractivity (Wildman–Crippen MR) is 116 cm³/mol. The van der Waals surface area contributed by atoms with Gasteiger partial charge in [0.25, 0.3) is 0 Å². The first-order chi connectivity index (χ1) is 13.8. The fourth-order valence-electron chi connectivity index (χ4n) is 4.26. The smallest absolute Gasteiger partial charge is 0.337 e. The molecule has 1 N–H and O–H groups in total. The number of aryl methyl sites for hydroxylation is 1. The molecule has 0 aliphatic heterocycles. The molecule has 3 aromatic rings. The second-order valence-corrected chi connectivity index (χ2v) is 9.92. The highest BCUT2D eigenvalue weighted by molar-refractivity contribution is 7.16. The Balaban J connectivity index is 1.71. The Kier molecular flexibility index (Phi) is 5.36. The Morgan fingerprint density at radius 1 is 1.24 bits per heavy atom. The Bertz CT molecular complexity index is 1020. The quantitative estimate of drug-likeness (QED) is 0.554. The fourth-order valence-corrected chi connectivity index (χ4v) is 5.63. The van der Waals surface area contributed by atoms with Gasteiger partial charge in [0.15, 0.2) is 0 Å². The number of carbonyl (C=O) groups is 1. The first-order valence-corrected chi connectivity index (χ1v) is 10.8. The Morgan fingerprint density at radius 2 is 2.03 bits per heavy atom. The first kappa shape index (κ1) is 19.9. The van der Waals surface area contributed by atoms with Crippen LogP contribution in [0.3, 0.4) is 0 Å². The molecule has 5 heteroatoms. The summed E-state index contributed by atoms with van der Waals surface area (Å²) in [5.74, 6) is -0.809. The summed E-state index contributed by atoms with van der Waals surface area (Å²) >= 11 is 1.68. The van der Waals surface area contributed by atoms with Crippen molar-refractivity contribution >= 4 is 17.3 Å². The third kappa shape index (κ3) is 4.16. The lowest BCUT2D eigenvalue weighted by Gasteiger charge is -2.29. The van der Waals surface area contributed by atoms with Crippen molar-refractivity contribution in [3.8, 4) is 10.4 Å². The fraction of sp³-hybridized carbons (Fsp3) is 0.375. The molecular formula is C24H27NO3S. The number of nitrogens with zero attached hydrogens (tertiary/aromatic N) is 1. The number of carboxylic acid groups (broad SMARTS) is 1. The summed E-state index contributed by atoms with van der Waals surface area (Å²) < 4.78 is 5.17. The summed E-state index contributed by atoms with van der Waals surface area (Å²) in [7, 11) is 2.07. The van der Waals surface area contributed by atoms with Gasteiger partial charge in [0.1, 0.15) is 0 Å². The highest BCUT2D eigenvalue weighted by Gasteiger charge is 2.33. The van der Waals surface area contributed by atoms with Crippen molar-refractivity contribution in [2.24, 2.45) is 5.41 Å². The van der Waals surface area contributed by atoms with Gasteiger partial charge >= 0.3 is 5.97 Å². The van der Waals surface area contributed by atoms with Gasteiger partial charge in [-0.15, -0.1) is 11.3 Å². The number of fused-ring (bicyclic) bond motifs is 1. The normalized spacial score (nSPS) is 15.4. The summed E-state index contributed by atoms with van der Waals surface area (Å²) in [6.45, 7) is 6.00. The van der Waals surface area contributed by atoms with E-state index in [4.69, 9.17) is 4.42 Å². The molecule has 0 spiro atoms. The van der Waals surface area contributed by atoms with Crippen LogP contribution in [0.1, 0.15) is 52.2 Å². The molecule has 0 radical (unpaired) electrons. The molecule has 0 bridgehead atoms. The highest BCUT2D eigenvalue weighted by atomic mass is 32.1. The molecule has 2 aromatic heterocycles. The summed E-state index contributed by atoms with van der Waals surface area (Å²) in [5, 5.41) is 10.1. The van der Waals surface area contributed by atoms with E-state index in [1.54, 1.807) is 23.9 Å². The van der Waals surface area contributed by atoms with E-state index in [1.807, 2.05) is 18.2 Å². The predicted octanol–water partition coefficient (Wildman–Crippen LogP) is 5.85. The third-order valence-electron chi connectivity index (χ3n) is 5.72. The van der Waals surface area contributed by atoms with E-state index >= 15 is 0 Å². The number of carboxylic acids is 1. The standard InChI is InChI=1S/C24H27NO3S/c1-24(2)10-8-20-19(12-24)21(23(26)27)22(29-20)18-7-5-4-6-17(18)14-25(3)13-16-9-11-28-15-16/h4-7,9,11,15H,8,10,12-14H2,1-3H3,(H,26,27). The minimum Gasteiger partial charge on any atom is -0.478 e. The maximum Gasteiger partial charge on any atom is 0.337 e. The Hall–Kier alpha value is -2.37. The molecule has 0 saturated heterocycles. The molecule has 0 unspecified atom stereocenters. The van der Waals surface area contributed by atoms with Crippen molar-refractivity contribution < 1.29 is 14.3 Å². The zero-order valence-electron chi connectivity index (χ0n) is 17.2. The molecule has 1 aromatic carbocycles. The largest absolute Gasteiger partial charge is 0.478 e. The minimum atomic E-state index is -0.809. The molecule has 1 aliphatic rings. The van der Waals surface area contributed by atoms with Crippen LogP contribution in [0.15, 0.2) is 47.3 Å². The van der Waals surface area contributed by atoms with Crippen molar-refractivity contribution in [1.29, 1.82) is 0 Å². The van der Waals surface area contributed by atoms with E-state index in [-0.39, 0.29) is 5.41 Å². The Morgan fingerprint density at radius 3 is 2.76 bits per heavy atom. The van der Waals surface area contributed by atoms with Crippen molar-refractivity contribution in [2.75, 3.05) is 7.05 Å². The summed E-state index contributed by atoms with van der Waals surface area (Å²) in [4.78, 5) is 16.7. The molecule has 152 valence electrons. The van der Waals surface area contributed by atoms with Crippen LogP contribution in [0.2, 0.25) is 0 Å². The molecule has 2 heterocycles. The second kappa shape index (κ2) is 7.81. The molecule has 29 heavy (non-hydrogen) atoms. The van der Waals surface area contributed by atoms with Gasteiger partial charge in [0.2, 0.25) is 0 Å². The maximum absolute atomic E-state index is 12.3. The highest BCUT2D eigenvalue weighted by Crippen LogP contribution is 2.45. The maximum atomic E-state index is 12.3. The molecule has 0 fully saturated rings. The lowest BCUT2D eigenvalue weighted by atomic mass is 9.76. The van der Waals surface area contributed by atoms with Crippen LogP contribution in [-0.2, 0) is 25.9 Å². The molecule has 0 saturated carbocycles. The Labute approximate surface area is 175 Å². The summed E-state index contributed by atoms with van der Waals surface area (Å²) in [6.07, 6.45) is 6.36. The van der Waals surface area contributed by atoms with Crippen LogP contribution >= 0.6 is 11.3 Å². The van der Waals surface area contributed by atoms with Gasteiger partial charge in [-0.2, -0.15) is 0 Å². The van der Waals surface area contributed by atoms with E-state index < -0.39 is 5.97 Å². The second-order valence-electron chi connectivity index (χ2n) is 8.82. The van der Waals surface area contributed by atoms with E-state index in [1.165, 1.54) is 4.88 Å². The first-order valence-electron chi connectivity index (χ1n) is 10.00. The molecule has 0 atom stereocenters. The zero-order valence-corrected chi connectivity index (χ0v) is 18.0.